The van der Waals surface area contributed by atoms with E-state index in [2.05, 4.69) is 21.8 Å². The Labute approximate surface area is 87.8 Å². The molecule has 14 heavy (non-hydrogen) atoms. The minimum Gasteiger partial charge on any atom is -0.253 e. The third-order valence-electron chi connectivity index (χ3n) is 1.99. The van der Waals surface area contributed by atoms with Gasteiger partial charge in [0.15, 0.2) is 0 Å². The molecule has 0 N–H and O–H groups in total. The fraction of sp³-hybridized carbons (Fsp3) is 0.0833. The third-order valence-corrected chi connectivity index (χ3v) is 2.68. The van der Waals surface area contributed by atoms with Crippen molar-refractivity contribution in [1.29, 1.82) is 0 Å². The summed E-state index contributed by atoms with van der Waals surface area (Å²) in [6.45, 7) is 2.04. The molecule has 0 spiro atoms. The van der Waals surface area contributed by atoms with Crippen LogP contribution in [0.5, 0.6) is 0 Å². The Kier molecular flexibility index (Phi) is 2.75. The molecule has 0 unspecified atom stereocenters. The van der Waals surface area contributed by atoms with Gasteiger partial charge in [0.2, 0.25) is 0 Å². The van der Waals surface area contributed by atoms with Crippen LogP contribution in [0.2, 0.25) is 0 Å². The molecule has 2 aromatic rings. The molecule has 1 heterocycles. The standard InChI is InChI=1S/C12H11NS/c1-10(11-7-8-14-9-11)13-12-5-3-2-4-6-12/h2-9H,1H3. The van der Waals surface area contributed by atoms with Crippen LogP contribution in [-0.2, 0) is 0 Å². The number of benzene rings is 1. The number of thiophene rings is 1. The maximum Gasteiger partial charge on any atom is 0.0633 e. The fourth-order valence-electron chi connectivity index (χ4n) is 1.23. The van der Waals surface area contributed by atoms with Crippen molar-refractivity contribution in [2.75, 3.05) is 0 Å². The van der Waals surface area contributed by atoms with Crippen LogP contribution in [0.15, 0.2) is 52.2 Å². The van der Waals surface area contributed by atoms with Gasteiger partial charge in [-0.15, -0.1) is 0 Å². The van der Waals surface area contributed by atoms with Crippen molar-refractivity contribution in [1.82, 2.24) is 0 Å². The highest BCUT2D eigenvalue weighted by atomic mass is 32.1. The van der Waals surface area contributed by atoms with Crippen LogP contribution in [0, 0.1) is 0 Å². The summed E-state index contributed by atoms with van der Waals surface area (Å²) in [5, 5.41) is 4.18. The normalized spacial score (nSPS) is 11.6. The second kappa shape index (κ2) is 4.20. The van der Waals surface area contributed by atoms with Gasteiger partial charge in [0, 0.05) is 11.3 Å². The second-order valence-corrected chi connectivity index (χ2v) is 3.82. The molecule has 1 nitrogen and oxygen atoms in total. The van der Waals surface area contributed by atoms with Crippen molar-refractivity contribution in [2.24, 2.45) is 4.99 Å². The van der Waals surface area contributed by atoms with E-state index >= 15 is 0 Å². The Bertz CT molecular complexity index is 415. The first-order valence-corrected chi connectivity index (χ1v) is 5.43. The zero-order chi connectivity index (χ0) is 9.80. The lowest BCUT2D eigenvalue weighted by molar-refractivity contribution is 1.49. The molecule has 0 saturated heterocycles. The highest BCUT2D eigenvalue weighted by molar-refractivity contribution is 7.08. The Morgan fingerprint density at radius 2 is 1.93 bits per heavy atom. The number of hydrogen-bond donors (Lipinski definition) is 0. The Balaban J connectivity index is 2.28. The second-order valence-electron chi connectivity index (χ2n) is 3.04. The molecule has 0 amide bonds. The van der Waals surface area contributed by atoms with E-state index in [1.54, 1.807) is 11.3 Å². The quantitative estimate of drug-likeness (QED) is 0.654. The molecular formula is C12H11NS. The molecule has 70 valence electrons. The average molecular weight is 201 g/mol. The summed E-state index contributed by atoms with van der Waals surface area (Å²) in [6, 6.07) is 12.1. The SMILES string of the molecule is CC(=Nc1ccccc1)c1ccsc1. The number of para-hydroxylation sites is 1. The molecule has 0 saturated carbocycles. The maximum atomic E-state index is 4.52. The molecule has 0 aliphatic carbocycles. The van der Waals surface area contributed by atoms with Crippen LogP contribution in [-0.4, -0.2) is 5.71 Å². The van der Waals surface area contributed by atoms with Gasteiger partial charge < -0.3 is 0 Å². The van der Waals surface area contributed by atoms with Gasteiger partial charge in [0.1, 0.15) is 0 Å². The predicted molar refractivity (Wildman–Crippen MR) is 62.6 cm³/mol. The molecule has 1 aromatic carbocycles. The van der Waals surface area contributed by atoms with Crippen LogP contribution >= 0.6 is 11.3 Å². The average Bonchev–Trinajstić information content (AvgIpc) is 2.72. The molecule has 0 aliphatic heterocycles. The molecule has 0 bridgehead atoms. The van der Waals surface area contributed by atoms with Gasteiger partial charge in [0.05, 0.1) is 5.69 Å². The van der Waals surface area contributed by atoms with E-state index in [0.29, 0.717) is 0 Å². The van der Waals surface area contributed by atoms with Crippen molar-refractivity contribution in [3.63, 3.8) is 0 Å². The van der Waals surface area contributed by atoms with E-state index in [1.165, 1.54) is 5.56 Å². The van der Waals surface area contributed by atoms with E-state index in [0.717, 1.165) is 11.4 Å². The van der Waals surface area contributed by atoms with E-state index in [1.807, 2.05) is 37.3 Å². The highest BCUT2D eigenvalue weighted by Gasteiger charge is 1.96. The van der Waals surface area contributed by atoms with E-state index in [4.69, 9.17) is 0 Å². The Morgan fingerprint density at radius 3 is 2.57 bits per heavy atom. The van der Waals surface area contributed by atoms with Crippen molar-refractivity contribution in [3.8, 4) is 0 Å². The van der Waals surface area contributed by atoms with Crippen LogP contribution in [0.25, 0.3) is 0 Å². The van der Waals surface area contributed by atoms with Crippen molar-refractivity contribution in [2.45, 2.75) is 6.92 Å². The molecule has 1 aromatic heterocycles. The smallest absolute Gasteiger partial charge is 0.0633 e. The molecule has 2 rings (SSSR count). The zero-order valence-electron chi connectivity index (χ0n) is 7.97. The van der Waals surface area contributed by atoms with Crippen LogP contribution in [0.3, 0.4) is 0 Å². The summed E-state index contributed by atoms with van der Waals surface area (Å²) in [5.74, 6) is 0. The van der Waals surface area contributed by atoms with E-state index in [-0.39, 0.29) is 0 Å². The molecular weight excluding hydrogens is 190 g/mol. The summed E-state index contributed by atoms with van der Waals surface area (Å²) < 4.78 is 0. The molecule has 0 fully saturated rings. The van der Waals surface area contributed by atoms with Crippen molar-refractivity contribution < 1.29 is 0 Å². The number of aliphatic imine (C=N–C) groups is 1. The zero-order valence-corrected chi connectivity index (χ0v) is 8.79. The van der Waals surface area contributed by atoms with Gasteiger partial charge in [-0.1, -0.05) is 18.2 Å². The Hall–Kier alpha value is -1.41. The first-order chi connectivity index (χ1) is 6.86. The Morgan fingerprint density at radius 1 is 1.14 bits per heavy atom. The van der Waals surface area contributed by atoms with Gasteiger partial charge in [-0.25, -0.2) is 0 Å². The summed E-state index contributed by atoms with van der Waals surface area (Å²) in [7, 11) is 0. The first kappa shape index (κ1) is 9.16. The third kappa shape index (κ3) is 2.09. The van der Waals surface area contributed by atoms with Crippen LogP contribution in [0.4, 0.5) is 5.69 Å². The summed E-state index contributed by atoms with van der Waals surface area (Å²) >= 11 is 1.70. The minimum atomic E-state index is 1.01. The number of rotatable bonds is 2. The largest absolute Gasteiger partial charge is 0.253 e. The lowest BCUT2D eigenvalue weighted by Gasteiger charge is -1.96. The van der Waals surface area contributed by atoms with Gasteiger partial charge >= 0.3 is 0 Å². The van der Waals surface area contributed by atoms with Crippen molar-refractivity contribution in [3.05, 3.63) is 52.7 Å². The molecule has 2 heteroatoms. The van der Waals surface area contributed by atoms with Gasteiger partial charge in [-0.05, 0) is 35.9 Å². The van der Waals surface area contributed by atoms with E-state index < -0.39 is 0 Å². The maximum absolute atomic E-state index is 4.52. The van der Waals surface area contributed by atoms with Gasteiger partial charge in [-0.2, -0.15) is 11.3 Å². The topological polar surface area (TPSA) is 12.4 Å². The summed E-state index contributed by atoms with van der Waals surface area (Å²) in [5.41, 5.74) is 3.28. The minimum absolute atomic E-state index is 1.01. The summed E-state index contributed by atoms with van der Waals surface area (Å²) in [4.78, 5) is 4.52. The number of hydrogen-bond acceptors (Lipinski definition) is 2. The van der Waals surface area contributed by atoms with Crippen molar-refractivity contribution >= 4 is 22.7 Å². The molecule has 0 radical (unpaired) electrons. The van der Waals surface area contributed by atoms with Crippen LogP contribution in [0.1, 0.15) is 12.5 Å². The monoisotopic (exact) mass is 201 g/mol. The fourth-order valence-corrected chi connectivity index (χ4v) is 1.93. The van der Waals surface area contributed by atoms with Gasteiger partial charge in [-0.3, -0.25) is 4.99 Å². The lowest BCUT2D eigenvalue weighted by Crippen LogP contribution is -1.89. The highest BCUT2D eigenvalue weighted by Crippen LogP contribution is 2.14. The predicted octanol–water partition coefficient (Wildman–Crippen LogP) is 3.89. The van der Waals surface area contributed by atoms with E-state index in [9.17, 15) is 0 Å². The summed E-state index contributed by atoms with van der Waals surface area (Å²) in [6.07, 6.45) is 0. The lowest BCUT2D eigenvalue weighted by atomic mass is 10.2. The molecule has 0 aliphatic rings. The number of nitrogens with zero attached hydrogens (tertiary/aromatic N) is 1. The van der Waals surface area contributed by atoms with Gasteiger partial charge in [0.25, 0.3) is 0 Å². The van der Waals surface area contributed by atoms with Crippen LogP contribution < -0.4 is 0 Å². The molecule has 0 atom stereocenters. The first-order valence-electron chi connectivity index (χ1n) is 4.49.